The number of hydrogen-bond acceptors (Lipinski definition) is 9. The largest absolute Gasteiger partial charge is 0.481 e. The number of carbonyl (C=O) groups is 1. The summed E-state index contributed by atoms with van der Waals surface area (Å²) >= 11 is 2.90. The number of aliphatic hydroxyl groups is 2. The van der Waals surface area contributed by atoms with E-state index in [-0.39, 0.29) is 11.8 Å². The Morgan fingerprint density at radius 1 is 1.17 bits per heavy atom. The lowest BCUT2D eigenvalue weighted by Crippen LogP contribution is -2.42. The number of thiazole rings is 1. The third-order valence-corrected chi connectivity index (χ3v) is 10.7. The van der Waals surface area contributed by atoms with Gasteiger partial charge in [-0.25, -0.2) is 9.67 Å². The monoisotopic (exact) mass is 595 g/mol. The van der Waals surface area contributed by atoms with Crippen LogP contribution in [0.25, 0.3) is 11.0 Å². The van der Waals surface area contributed by atoms with E-state index in [1.807, 2.05) is 55.8 Å². The lowest BCUT2D eigenvalue weighted by atomic mass is 9.74. The molecule has 0 spiro atoms. The van der Waals surface area contributed by atoms with Crippen LogP contribution in [0.2, 0.25) is 0 Å². The molecule has 2 unspecified atom stereocenters. The minimum absolute atomic E-state index is 0.167. The highest BCUT2D eigenvalue weighted by molar-refractivity contribution is 7.97. The fourth-order valence-corrected chi connectivity index (χ4v) is 8.04. The average molecular weight is 596 g/mol. The van der Waals surface area contributed by atoms with E-state index in [0.29, 0.717) is 22.8 Å². The van der Waals surface area contributed by atoms with Gasteiger partial charge in [-0.15, -0.1) is 16.4 Å². The molecule has 1 aliphatic heterocycles. The van der Waals surface area contributed by atoms with Crippen molar-refractivity contribution < 1.29 is 20.1 Å². The van der Waals surface area contributed by atoms with E-state index in [0.717, 1.165) is 45.4 Å². The first-order valence-electron chi connectivity index (χ1n) is 13.9. The molecule has 9 nitrogen and oxygen atoms in total. The number of hydrogen-bond donors (Lipinski definition) is 3. The van der Waals surface area contributed by atoms with Gasteiger partial charge in [0.05, 0.1) is 29.1 Å². The van der Waals surface area contributed by atoms with Gasteiger partial charge in [-0.3, -0.25) is 4.79 Å². The molecular formula is C30H37N5O4S2. The smallest absolute Gasteiger partial charge is 0.310 e. The molecule has 2 aromatic heterocycles. The van der Waals surface area contributed by atoms with Gasteiger partial charge in [0.1, 0.15) is 10.5 Å². The van der Waals surface area contributed by atoms with E-state index in [1.54, 1.807) is 24.2 Å². The molecule has 0 fully saturated rings. The van der Waals surface area contributed by atoms with E-state index in [9.17, 15) is 20.1 Å². The van der Waals surface area contributed by atoms with Crippen molar-refractivity contribution in [1.82, 2.24) is 24.3 Å². The first-order valence-corrected chi connectivity index (χ1v) is 15.5. The van der Waals surface area contributed by atoms with Crippen LogP contribution in [0.15, 0.2) is 36.4 Å². The molecule has 11 heteroatoms. The highest BCUT2D eigenvalue weighted by Gasteiger charge is 2.44. The number of carboxylic acids is 1. The molecule has 3 N–H and O–H groups in total. The lowest BCUT2D eigenvalue weighted by molar-refractivity contribution is -0.243. The Morgan fingerprint density at radius 2 is 1.90 bits per heavy atom. The van der Waals surface area contributed by atoms with E-state index < -0.39 is 23.2 Å². The van der Waals surface area contributed by atoms with E-state index in [2.05, 4.69) is 17.2 Å². The highest BCUT2D eigenvalue weighted by Crippen LogP contribution is 2.46. The second-order valence-corrected chi connectivity index (χ2v) is 13.8. The summed E-state index contributed by atoms with van der Waals surface area (Å²) in [7, 11) is 0. The van der Waals surface area contributed by atoms with Crippen LogP contribution in [-0.4, -0.2) is 50.8 Å². The molecule has 218 valence electrons. The molecule has 41 heavy (non-hydrogen) atoms. The molecule has 1 aliphatic rings. The molecule has 0 aliphatic carbocycles. The standard InChI is InChI=1S/C30H37N5O4S2/c1-7-20-15-19-11-9-10-12-22(19)30(38,39)35(41-20)16-23-18(4)40-27(31-23)25(29(5,6)28(36)37)21-13-14-24-26(17(21)3)32-33-34(24)8-2/h9-14,20,25,38-39H,7-8,15-16H2,1-6H3,(H,36,37). The summed E-state index contributed by atoms with van der Waals surface area (Å²) in [4.78, 5) is 18.5. The third kappa shape index (κ3) is 5.18. The van der Waals surface area contributed by atoms with Gasteiger partial charge in [0.15, 0.2) is 0 Å². The summed E-state index contributed by atoms with van der Waals surface area (Å²) < 4.78 is 3.43. The summed E-state index contributed by atoms with van der Waals surface area (Å²) in [6, 6.07) is 11.4. The fourth-order valence-electron chi connectivity index (χ4n) is 5.60. The fraction of sp³-hybridized carbons (Fsp3) is 0.467. The minimum atomic E-state index is -2.19. The highest BCUT2D eigenvalue weighted by atomic mass is 32.2. The van der Waals surface area contributed by atoms with E-state index >= 15 is 0 Å². The Balaban J connectivity index is 1.58. The van der Waals surface area contributed by atoms with Crippen LogP contribution >= 0.6 is 23.3 Å². The van der Waals surface area contributed by atoms with Crippen molar-refractivity contribution in [2.75, 3.05) is 0 Å². The summed E-state index contributed by atoms with van der Waals surface area (Å²) in [5.41, 5.74) is 4.29. The molecule has 5 rings (SSSR count). The van der Waals surface area contributed by atoms with Gasteiger partial charge in [0.2, 0.25) is 0 Å². The summed E-state index contributed by atoms with van der Waals surface area (Å²) in [6.07, 6.45) is 1.60. The number of rotatable bonds is 8. The van der Waals surface area contributed by atoms with Crippen molar-refractivity contribution in [2.45, 2.75) is 84.6 Å². The molecule has 0 saturated heterocycles. The Morgan fingerprint density at radius 3 is 2.59 bits per heavy atom. The van der Waals surface area contributed by atoms with Crippen LogP contribution in [0.4, 0.5) is 0 Å². The second-order valence-electron chi connectivity index (χ2n) is 11.2. The van der Waals surface area contributed by atoms with Gasteiger partial charge in [-0.05, 0) is 70.2 Å². The molecule has 0 amide bonds. The van der Waals surface area contributed by atoms with Gasteiger partial charge < -0.3 is 15.3 Å². The van der Waals surface area contributed by atoms with Gasteiger partial charge >= 0.3 is 5.97 Å². The van der Waals surface area contributed by atoms with Gasteiger partial charge in [-0.1, -0.05) is 54.4 Å². The topological polar surface area (TPSA) is 125 Å². The van der Waals surface area contributed by atoms with Crippen LogP contribution in [-0.2, 0) is 30.2 Å². The first kappa shape index (κ1) is 29.7. The lowest BCUT2D eigenvalue weighted by Gasteiger charge is -2.34. The van der Waals surface area contributed by atoms with E-state index in [4.69, 9.17) is 4.98 Å². The molecule has 0 bridgehead atoms. The molecule has 3 heterocycles. The number of carboxylic acid groups (broad SMARTS) is 1. The van der Waals surface area contributed by atoms with Crippen molar-refractivity contribution in [3.8, 4) is 0 Å². The maximum Gasteiger partial charge on any atom is 0.310 e. The van der Waals surface area contributed by atoms with Crippen LogP contribution in [0.1, 0.15) is 77.9 Å². The zero-order chi connectivity index (χ0) is 29.7. The van der Waals surface area contributed by atoms with Crippen molar-refractivity contribution in [2.24, 2.45) is 5.41 Å². The number of nitrogens with zero attached hydrogens (tertiary/aromatic N) is 5. The Hall–Kier alpha value is -2.83. The van der Waals surface area contributed by atoms with Gasteiger partial charge in [-0.2, -0.15) is 4.31 Å². The number of aliphatic carboxylic acids is 1. The predicted octanol–water partition coefficient (Wildman–Crippen LogP) is 5.35. The van der Waals surface area contributed by atoms with Gasteiger partial charge in [0, 0.05) is 22.2 Å². The summed E-state index contributed by atoms with van der Waals surface area (Å²) in [6.45, 7) is 12.3. The Bertz CT molecular complexity index is 1590. The summed E-state index contributed by atoms with van der Waals surface area (Å²) in [5, 5.41) is 42.7. The van der Waals surface area contributed by atoms with Crippen molar-refractivity contribution in [3.63, 3.8) is 0 Å². The molecule has 0 radical (unpaired) electrons. The SMILES string of the molecule is CCC1Cc2ccccc2C(O)(O)N(Cc2nc(C(c3ccc4c(nnn4CC)c3C)C(C)(C)C(=O)O)sc2C)S1. The molecular weight excluding hydrogens is 558 g/mol. The molecule has 0 saturated carbocycles. The minimum Gasteiger partial charge on any atom is -0.481 e. The maximum atomic E-state index is 12.6. The second kappa shape index (κ2) is 11.1. The van der Waals surface area contributed by atoms with Crippen LogP contribution in [0.3, 0.4) is 0 Å². The third-order valence-electron chi connectivity index (χ3n) is 8.22. The quantitative estimate of drug-likeness (QED) is 0.183. The van der Waals surface area contributed by atoms with Crippen LogP contribution < -0.4 is 0 Å². The predicted molar refractivity (Wildman–Crippen MR) is 162 cm³/mol. The zero-order valence-electron chi connectivity index (χ0n) is 24.2. The first-order chi connectivity index (χ1) is 19.4. The van der Waals surface area contributed by atoms with E-state index in [1.165, 1.54) is 23.3 Å². The summed E-state index contributed by atoms with van der Waals surface area (Å²) in [5.74, 6) is -3.67. The number of benzene rings is 2. The molecule has 2 atom stereocenters. The van der Waals surface area contributed by atoms with Crippen molar-refractivity contribution in [3.05, 3.63) is 74.2 Å². The van der Waals surface area contributed by atoms with Crippen LogP contribution in [0, 0.1) is 19.3 Å². The normalized spacial score (nSPS) is 18.3. The van der Waals surface area contributed by atoms with Crippen molar-refractivity contribution >= 4 is 40.3 Å². The van der Waals surface area contributed by atoms with Crippen molar-refractivity contribution in [1.29, 1.82) is 0 Å². The number of fused-ring (bicyclic) bond motifs is 2. The Kier molecular flexibility index (Phi) is 8.03. The zero-order valence-corrected chi connectivity index (χ0v) is 25.9. The molecule has 2 aromatic carbocycles. The molecule has 4 aromatic rings. The van der Waals surface area contributed by atoms with Crippen LogP contribution in [0.5, 0.6) is 0 Å². The van der Waals surface area contributed by atoms with Gasteiger partial charge in [0.25, 0.3) is 5.91 Å². The maximum absolute atomic E-state index is 12.6. The Labute approximate surface area is 248 Å². The number of aromatic nitrogens is 4. The average Bonchev–Trinajstić information content (AvgIpc) is 3.49. The number of aryl methyl sites for hydroxylation is 3.